The third-order valence-electron chi connectivity index (χ3n) is 1.40. The molecule has 0 saturated heterocycles. The molecule has 72 valence electrons. The fraction of sp³-hybridized carbons (Fsp3) is 0.750. The maximum Gasteiger partial charge on any atom is 1.00 e. The van der Waals surface area contributed by atoms with Gasteiger partial charge < -0.3 is 4.55 Å². The average Bonchev–Trinajstić information content (AvgIpc) is 1.83. The molecule has 0 N–H and O–H groups in total. The monoisotopic (exact) mass is 214 g/mol. The van der Waals surface area contributed by atoms with Crippen molar-refractivity contribution in [3.05, 3.63) is 11.6 Å². The van der Waals surface area contributed by atoms with Crippen LogP contribution in [0.2, 0.25) is 0 Å². The number of allylic oxidation sites excluding steroid dienone is 2. The normalized spacial score (nSPS) is 10.4. The largest absolute Gasteiger partial charge is 1.00 e. The quantitative estimate of drug-likeness (QED) is 0.247. The molecule has 0 spiro atoms. The molecule has 0 aromatic rings. The molecule has 13 heavy (non-hydrogen) atoms. The van der Waals surface area contributed by atoms with Gasteiger partial charge in [0.1, 0.15) is 0 Å². The third-order valence-corrected chi connectivity index (χ3v) is 2.19. The molecule has 0 aromatic heterocycles. The molecule has 0 aliphatic rings. The molecule has 0 radical (unpaired) electrons. The Hall–Kier alpha value is 0.650. The van der Waals surface area contributed by atoms with Crippen LogP contribution in [0.5, 0.6) is 0 Å². The summed E-state index contributed by atoms with van der Waals surface area (Å²) in [6.07, 6.45) is 4.14. The van der Waals surface area contributed by atoms with E-state index >= 15 is 0 Å². The van der Waals surface area contributed by atoms with E-state index in [0.717, 1.165) is 12.8 Å². The van der Waals surface area contributed by atoms with Gasteiger partial charge in [-0.2, -0.15) is 0 Å². The zero-order valence-corrected chi connectivity index (χ0v) is 11.4. The van der Waals surface area contributed by atoms with Crippen molar-refractivity contribution >= 4 is 10.1 Å². The van der Waals surface area contributed by atoms with Crippen LogP contribution in [0.3, 0.4) is 0 Å². The first kappa shape index (κ1) is 16.1. The molecule has 0 amide bonds. The van der Waals surface area contributed by atoms with Crippen molar-refractivity contribution in [1.82, 2.24) is 0 Å². The first-order valence-corrected chi connectivity index (χ1v) is 5.56. The van der Waals surface area contributed by atoms with Gasteiger partial charge in [-0.3, -0.25) is 0 Å². The summed E-state index contributed by atoms with van der Waals surface area (Å²) in [6.45, 7) is 3.98. The summed E-state index contributed by atoms with van der Waals surface area (Å²) in [5, 5.41) is 0. The fourth-order valence-electron chi connectivity index (χ4n) is 0.814. The second-order valence-corrected chi connectivity index (χ2v) is 4.56. The summed E-state index contributed by atoms with van der Waals surface area (Å²) >= 11 is 0. The topological polar surface area (TPSA) is 57.2 Å². The molecule has 0 aliphatic carbocycles. The minimum Gasteiger partial charge on any atom is -0.748 e. The molecular weight excluding hydrogens is 199 g/mol. The van der Waals surface area contributed by atoms with E-state index < -0.39 is 10.1 Å². The van der Waals surface area contributed by atoms with E-state index in [1.165, 1.54) is 5.57 Å². The van der Waals surface area contributed by atoms with E-state index in [9.17, 15) is 13.0 Å². The Morgan fingerprint density at radius 1 is 1.31 bits per heavy atom. The Morgan fingerprint density at radius 3 is 2.23 bits per heavy atom. The van der Waals surface area contributed by atoms with Gasteiger partial charge in [0.25, 0.3) is 0 Å². The number of hydrogen-bond acceptors (Lipinski definition) is 3. The maximum absolute atomic E-state index is 10.2. The van der Waals surface area contributed by atoms with Crippen molar-refractivity contribution in [2.75, 3.05) is 5.75 Å². The predicted molar refractivity (Wildman–Crippen MR) is 47.8 cm³/mol. The van der Waals surface area contributed by atoms with Crippen LogP contribution >= 0.6 is 0 Å². The number of hydrogen-bond donors (Lipinski definition) is 0. The van der Waals surface area contributed by atoms with Gasteiger partial charge in [-0.1, -0.05) is 11.6 Å². The van der Waals surface area contributed by atoms with E-state index in [4.69, 9.17) is 0 Å². The number of rotatable bonds is 5. The van der Waals surface area contributed by atoms with Crippen LogP contribution in [0, 0.1) is 0 Å². The van der Waals surface area contributed by atoms with Crippen molar-refractivity contribution < 1.29 is 42.5 Å². The minimum atomic E-state index is -4.00. The molecular formula is C8H15NaO3S. The Balaban J connectivity index is 0. The third kappa shape index (κ3) is 15.4. The first-order valence-electron chi connectivity index (χ1n) is 3.99. The molecule has 3 nitrogen and oxygen atoms in total. The number of unbranched alkanes of at least 4 members (excludes halogenated alkanes) is 2. The summed E-state index contributed by atoms with van der Waals surface area (Å²) in [4.78, 5) is 0. The Bertz CT molecular complexity index is 240. The molecule has 0 aromatic carbocycles. The molecule has 0 fully saturated rings. The van der Waals surface area contributed by atoms with Crippen LogP contribution in [-0.2, 0) is 10.1 Å². The van der Waals surface area contributed by atoms with Gasteiger partial charge in [0.05, 0.1) is 10.1 Å². The molecule has 0 saturated carbocycles. The molecule has 0 bridgehead atoms. The summed E-state index contributed by atoms with van der Waals surface area (Å²) in [6, 6.07) is 0. The van der Waals surface area contributed by atoms with E-state index in [1.54, 1.807) is 0 Å². The summed E-state index contributed by atoms with van der Waals surface area (Å²) in [7, 11) is -4.00. The molecule has 0 aliphatic heterocycles. The van der Waals surface area contributed by atoms with Crippen LogP contribution in [0.15, 0.2) is 11.6 Å². The van der Waals surface area contributed by atoms with Gasteiger partial charge in [-0.25, -0.2) is 8.42 Å². The molecule has 0 rings (SSSR count). The van der Waals surface area contributed by atoms with Crippen molar-refractivity contribution in [2.45, 2.75) is 33.1 Å². The van der Waals surface area contributed by atoms with Gasteiger partial charge in [0, 0.05) is 5.75 Å². The Labute approximate surface area is 103 Å². The minimum absolute atomic E-state index is 0. The van der Waals surface area contributed by atoms with Crippen LogP contribution in [0.4, 0.5) is 0 Å². The van der Waals surface area contributed by atoms with Crippen molar-refractivity contribution in [3.8, 4) is 0 Å². The standard InChI is InChI=1S/C8H16O3S.Na/c1-8(2)6-4-3-5-7-12(9,10)11;/h6H,3-5,7H2,1-2H3,(H,9,10,11);/q;+1/p-1. The Morgan fingerprint density at radius 2 is 1.85 bits per heavy atom. The van der Waals surface area contributed by atoms with Crippen molar-refractivity contribution in [1.29, 1.82) is 0 Å². The summed E-state index contributed by atoms with van der Waals surface area (Å²) in [5.41, 5.74) is 1.22. The van der Waals surface area contributed by atoms with Gasteiger partial charge in [0.15, 0.2) is 0 Å². The van der Waals surface area contributed by atoms with E-state index in [-0.39, 0.29) is 35.3 Å². The molecule has 0 atom stereocenters. The Kier molecular flexibility index (Phi) is 9.90. The smallest absolute Gasteiger partial charge is 0.748 e. The first-order chi connectivity index (χ1) is 5.42. The van der Waals surface area contributed by atoms with E-state index in [2.05, 4.69) is 0 Å². The van der Waals surface area contributed by atoms with Gasteiger partial charge in [-0.15, -0.1) is 0 Å². The maximum atomic E-state index is 10.2. The van der Waals surface area contributed by atoms with Crippen LogP contribution < -0.4 is 29.6 Å². The fourth-order valence-corrected chi connectivity index (χ4v) is 1.37. The van der Waals surface area contributed by atoms with Crippen LogP contribution in [0.1, 0.15) is 33.1 Å². The van der Waals surface area contributed by atoms with Crippen molar-refractivity contribution in [3.63, 3.8) is 0 Å². The van der Waals surface area contributed by atoms with Gasteiger partial charge in [0.2, 0.25) is 0 Å². The summed E-state index contributed by atoms with van der Waals surface area (Å²) < 4.78 is 30.5. The van der Waals surface area contributed by atoms with Crippen molar-refractivity contribution in [2.24, 2.45) is 0 Å². The van der Waals surface area contributed by atoms with Crippen LogP contribution in [-0.4, -0.2) is 18.7 Å². The van der Waals surface area contributed by atoms with Crippen LogP contribution in [0.25, 0.3) is 0 Å². The summed E-state index contributed by atoms with van der Waals surface area (Å²) in [5.74, 6) is -0.233. The zero-order chi connectivity index (χ0) is 9.61. The second kappa shape index (κ2) is 8.00. The van der Waals surface area contributed by atoms with Gasteiger partial charge >= 0.3 is 29.6 Å². The molecule has 0 heterocycles. The van der Waals surface area contributed by atoms with E-state index in [0.29, 0.717) is 6.42 Å². The average molecular weight is 214 g/mol. The second-order valence-electron chi connectivity index (χ2n) is 3.04. The molecule has 0 unspecified atom stereocenters. The van der Waals surface area contributed by atoms with Gasteiger partial charge in [-0.05, 0) is 33.1 Å². The molecule has 5 heteroatoms. The SMILES string of the molecule is CC(C)=CCCCCS(=O)(=O)[O-].[Na+]. The zero-order valence-electron chi connectivity index (χ0n) is 8.54. The predicted octanol–water partition coefficient (Wildman–Crippen LogP) is -1.33. The van der Waals surface area contributed by atoms with E-state index in [1.807, 2.05) is 19.9 Å².